The van der Waals surface area contributed by atoms with E-state index in [4.69, 9.17) is 12.6 Å². The molecule has 0 radical (unpaired) electrons. The van der Waals surface area contributed by atoms with Crippen LogP contribution in [0.15, 0.2) is 53.4 Å². The maximum absolute atomic E-state index is 5.20. The molecule has 4 aromatic rings. The van der Waals surface area contributed by atoms with Crippen LogP contribution in [0.5, 0.6) is 0 Å². The first kappa shape index (κ1) is 24.4. The Bertz CT molecular complexity index is 1290. The van der Waals surface area contributed by atoms with Crippen LogP contribution in [-0.2, 0) is 0 Å². The topological polar surface area (TPSA) is 0 Å². The van der Waals surface area contributed by atoms with Crippen molar-refractivity contribution in [2.24, 2.45) is 0 Å². The first-order valence-electron chi connectivity index (χ1n) is 12.1. The minimum Gasteiger partial charge on any atom is -0.142 e. The predicted molar refractivity (Wildman–Crippen MR) is 153 cm³/mol. The molecule has 0 aliphatic rings. The number of thiol groups is 1. The molecule has 174 valence electrons. The highest BCUT2D eigenvalue weighted by atomic mass is 32.1. The van der Waals surface area contributed by atoms with Crippen molar-refractivity contribution < 1.29 is 0 Å². The Labute approximate surface area is 211 Å². The van der Waals surface area contributed by atoms with Crippen molar-refractivity contribution in [1.29, 1.82) is 0 Å². The van der Waals surface area contributed by atoms with Gasteiger partial charge in [0.05, 0.1) is 0 Å². The largest absolute Gasteiger partial charge is 0.142 e. The molecule has 0 bridgehead atoms. The third kappa shape index (κ3) is 4.34. The molecule has 4 aromatic carbocycles. The molecule has 0 spiro atoms. The SMILES string of the molecule is Cc1cc(C)c(-c2cc(-c3c(C)cc(C)cc3C)c(S)c(-c3c(C)cc(C)cc3C)c2)c(C)c1. The highest BCUT2D eigenvalue weighted by Gasteiger charge is 2.20. The highest BCUT2D eigenvalue weighted by Crippen LogP contribution is 2.44. The Morgan fingerprint density at radius 1 is 0.382 bits per heavy atom. The molecule has 0 atom stereocenters. The third-order valence-electron chi connectivity index (χ3n) is 6.97. The van der Waals surface area contributed by atoms with Gasteiger partial charge in [-0.25, -0.2) is 0 Å². The fourth-order valence-electron chi connectivity index (χ4n) is 6.01. The molecular weight excluding hydrogens is 428 g/mol. The summed E-state index contributed by atoms with van der Waals surface area (Å²) in [4.78, 5) is 1.05. The van der Waals surface area contributed by atoms with E-state index in [-0.39, 0.29) is 0 Å². The first-order chi connectivity index (χ1) is 16.0. The summed E-state index contributed by atoms with van der Waals surface area (Å²) in [5.41, 5.74) is 19.3. The number of rotatable bonds is 3. The second-order valence-corrected chi connectivity index (χ2v) is 10.7. The van der Waals surface area contributed by atoms with Gasteiger partial charge in [-0.15, -0.1) is 12.6 Å². The van der Waals surface area contributed by atoms with Crippen LogP contribution in [0.4, 0.5) is 0 Å². The number of aryl methyl sites for hydroxylation is 9. The van der Waals surface area contributed by atoms with Crippen molar-refractivity contribution in [3.8, 4) is 33.4 Å². The van der Waals surface area contributed by atoms with Crippen molar-refractivity contribution in [3.63, 3.8) is 0 Å². The molecule has 0 fully saturated rings. The van der Waals surface area contributed by atoms with Crippen LogP contribution in [-0.4, -0.2) is 0 Å². The lowest BCUT2D eigenvalue weighted by atomic mass is 9.85. The van der Waals surface area contributed by atoms with Gasteiger partial charge in [-0.1, -0.05) is 53.1 Å². The van der Waals surface area contributed by atoms with Gasteiger partial charge in [0.2, 0.25) is 0 Å². The van der Waals surface area contributed by atoms with Gasteiger partial charge in [0.15, 0.2) is 0 Å². The Balaban J connectivity index is 2.15. The Kier molecular flexibility index (Phi) is 6.53. The quantitative estimate of drug-likeness (QED) is 0.287. The van der Waals surface area contributed by atoms with Gasteiger partial charge in [0.25, 0.3) is 0 Å². The van der Waals surface area contributed by atoms with Crippen LogP contribution in [0.2, 0.25) is 0 Å². The Hall–Kier alpha value is -2.77. The van der Waals surface area contributed by atoms with Gasteiger partial charge >= 0.3 is 0 Å². The van der Waals surface area contributed by atoms with Crippen LogP contribution in [0.25, 0.3) is 33.4 Å². The van der Waals surface area contributed by atoms with Gasteiger partial charge < -0.3 is 0 Å². The second-order valence-electron chi connectivity index (χ2n) is 10.2. The van der Waals surface area contributed by atoms with E-state index in [2.05, 4.69) is 111 Å². The van der Waals surface area contributed by atoms with E-state index in [1.807, 2.05) is 0 Å². The molecule has 0 aromatic heterocycles. The van der Waals surface area contributed by atoms with E-state index < -0.39 is 0 Å². The second kappa shape index (κ2) is 9.12. The minimum atomic E-state index is 1.05. The number of hydrogen-bond acceptors (Lipinski definition) is 1. The molecule has 0 amide bonds. The lowest BCUT2D eigenvalue weighted by Crippen LogP contribution is -1.98. The molecule has 1 heteroatoms. The summed E-state index contributed by atoms with van der Waals surface area (Å²) in [6.07, 6.45) is 0. The van der Waals surface area contributed by atoms with E-state index in [0.29, 0.717) is 0 Å². The molecule has 34 heavy (non-hydrogen) atoms. The highest BCUT2D eigenvalue weighted by molar-refractivity contribution is 7.80. The smallest absolute Gasteiger partial charge is 0.0198 e. The minimum absolute atomic E-state index is 1.05. The maximum atomic E-state index is 5.20. The zero-order valence-corrected chi connectivity index (χ0v) is 23.0. The molecule has 0 saturated heterocycles. The van der Waals surface area contributed by atoms with E-state index in [1.165, 1.54) is 83.5 Å². The first-order valence-corrected chi connectivity index (χ1v) is 12.5. The van der Waals surface area contributed by atoms with Crippen molar-refractivity contribution >= 4 is 12.6 Å². The zero-order chi connectivity index (χ0) is 24.9. The zero-order valence-electron chi connectivity index (χ0n) is 22.1. The van der Waals surface area contributed by atoms with Gasteiger partial charge in [-0.2, -0.15) is 0 Å². The summed E-state index contributed by atoms with van der Waals surface area (Å²) < 4.78 is 0. The van der Waals surface area contributed by atoms with Crippen molar-refractivity contribution in [2.45, 2.75) is 67.2 Å². The molecule has 0 saturated carbocycles. The van der Waals surface area contributed by atoms with Gasteiger partial charge in [-0.05, 0) is 141 Å². The average Bonchev–Trinajstić information content (AvgIpc) is 2.68. The Morgan fingerprint density at radius 2 is 0.647 bits per heavy atom. The maximum Gasteiger partial charge on any atom is 0.0198 e. The van der Waals surface area contributed by atoms with E-state index in [9.17, 15) is 0 Å². The molecule has 0 aliphatic heterocycles. The molecule has 0 N–H and O–H groups in total. The summed E-state index contributed by atoms with van der Waals surface area (Å²) in [6, 6.07) is 18.4. The van der Waals surface area contributed by atoms with Crippen LogP contribution in [0, 0.1) is 62.3 Å². The molecular formula is C33H36S. The lowest BCUT2D eigenvalue weighted by molar-refractivity contribution is 1.27. The van der Waals surface area contributed by atoms with E-state index >= 15 is 0 Å². The molecule has 0 aliphatic carbocycles. The fraction of sp³-hybridized carbons (Fsp3) is 0.273. The Morgan fingerprint density at radius 3 is 0.941 bits per heavy atom. The molecule has 0 heterocycles. The summed E-state index contributed by atoms with van der Waals surface area (Å²) in [5.74, 6) is 0. The lowest BCUT2D eigenvalue weighted by Gasteiger charge is -2.22. The summed E-state index contributed by atoms with van der Waals surface area (Å²) >= 11 is 5.20. The monoisotopic (exact) mass is 464 g/mol. The molecule has 0 nitrogen and oxygen atoms in total. The van der Waals surface area contributed by atoms with Gasteiger partial charge in [0.1, 0.15) is 0 Å². The van der Waals surface area contributed by atoms with E-state index in [1.54, 1.807) is 0 Å². The van der Waals surface area contributed by atoms with Crippen molar-refractivity contribution in [2.75, 3.05) is 0 Å². The van der Waals surface area contributed by atoms with Gasteiger partial charge in [-0.3, -0.25) is 0 Å². The summed E-state index contributed by atoms with van der Waals surface area (Å²) in [6.45, 7) is 19.9. The van der Waals surface area contributed by atoms with Crippen LogP contribution in [0.3, 0.4) is 0 Å². The predicted octanol–water partition coefficient (Wildman–Crippen LogP) is 9.75. The van der Waals surface area contributed by atoms with Crippen LogP contribution in [0.1, 0.15) is 50.1 Å². The van der Waals surface area contributed by atoms with Crippen molar-refractivity contribution in [3.05, 3.63) is 98.6 Å². The van der Waals surface area contributed by atoms with Crippen molar-refractivity contribution in [1.82, 2.24) is 0 Å². The van der Waals surface area contributed by atoms with Crippen LogP contribution < -0.4 is 0 Å². The number of benzene rings is 4. The standard InChI is InChI=1S/C33H36S/c1-18-10-21(4)30(22(5)11-18)27-16-28(31-23(6)12-19(2)13-24(31)7)33(34)29(17-27)32-25(8)14-20(3)15-26(32)9/h10-17,34H,1-9H3. The number of hydrogen-bond donors (Lipinski definition) is 1. The fourth-order valence-corrected chi connectivity index (χ4v) is 6.36. The summed E-state index contributed by atoms with van der Waals surface area (Å²) in [7, 11) is 0. The van der Waals surface area contributed by atoms with Crippen LogP contribution >= 0.6 is 12.6 Å². The average molecular weight is 465 g/mol. The normalized spacial score (nSPS) is 11.2. The van der Waals surface area contributed by atoms with Gasteiger partial charge in [0, 0.05) is 4.90 Å². The summed E-state index contributed by atoms with van der Waals surface area (Å²) in [5, 5.41) is 0. The third-order valence-corrected chi connectivity index (χ3v) is 7.45. The van der Waals surface area contributed by atoms with E-state index in [0.717, 1.165) is 4.90 Å². The molecule has 4 rings (SSSR count). The molecule has 0 unspecified atom stereocenters.